The van der Waals surface area contributed by atoms with Crippen molar-refractivity contribution in [3.05, 3.63) is 47.8 Å². The number of hydrogen-bond acceptors (Lipinski definition) is 7. The van der Waals surface area contributed by atoms with Crippen molar-refractivity contribution in [1.82, 2.24) is 4.98 Å². The Bertz CT molecular complexity index is 1230. The SMILES string of the molecule is O=C1CC[C@@]2(C(=O)Nc3nc(-c4ccc5c(c4)OCCO5)cs3)Sc3ccccc3N12. The molecule has 31 heavy (non-hydrogen) atoms. The van der Waals surface area contributed by atoms with E-state index in [0.717, 1.165) is 27.6 Å². The van der Waals surface area contributed by atoms with E-state index in [0.29, 0.717) is 36.9 Å². The van der Waals surface area contributed by atoms with Crippen LogP contribution in [0.5, 0.6) is 11.5 Å². The van der Waals surface area contributed by atoms with Gasteiger partial charge in [0.2, 0.25) is 5.91 Å². The quantitative estimate of drug-likeness (QED) is 0.644. The highest BCUT2D eigenvalue weighted by Crippen LogP contribution is 2.56. The van der Waals surface area contributed by atoms with Crippen molar-refractivity contribution >= 4 is 45.7 Å². The van der Waals surface area contributed by atoms with Gasteiger partial charge in [0.25, 0.3) is 5.91 Å². The van der Waals surface area contributed by atoms with E-state index in [2.05, 4.69) is 10.3 Å². The number of aromatic nitrogens is 1. The van der Waals surface area contributed by atoms with Crippen molar-refractivity contribution in [3.63, 3.8) is 0 Å². The van der Waals surface area contributed by atoms with Crippen LogP contribution in [0.1, 0.15) is 12.8 Å². The predicted molar refractivity (Wildman–Crippen MR) is 119 cm³/mol. The maximum Gasteiger partial charge on any atom is 0.263 e. The molecular weight excluding hydrogens is 434 g/mol. The number of anilines is 2. The molecule has 0 radical (unpaired) electrons. The molecule has 1 aromatic heterocycles. The maximum atomic E-state index is 13.4. The topological polar surface area (TPSA) is 80.8 Å². The molecule has 7 nitrogen and oxygen atoms in total. The first-order chi connectivity index (χ1) is 15.1. The number of thioether (sulfide) groups is 1. The van der Waals surface area contributed by atoms with Crippen LogP contribution >= 0.6 is 23.1 Å². The van der Waals surface area contributed by atoms with Gasteiger partial charge in [-0.05, 0) is 36.8 Å². The van der Waals surface area contributed by atoms with Crippen LogP contribution in [-0.4, -0.2) is 34.9 Å². The molecule has 2 amide bonds. The standard InChI is InChI=1S/C22H17N3O4S2/c26-19-7-8-22(25(19)15-3-1-2-4-18(15)31-22)20(27)24-21-23-14(12-30-21)13-5-6-16-17(11-13)29-10-9-28-16/h1-6,11-12H,7-10H2,(H,23,24,27)/t22-/m0/s1. The summed E-state index contributed by atoms with van der Waals surface area (Å²) in [7, 11) is 0. The molecule has 4 heterocycles. The Morgan fingerprint density at radius 3 is 2.87 bits per heavy atom. The van der Waals surface area contributed by atoms with Gasteiger partial charge in [-0.15, -0.1) is 11.3 Å². The van der Waals surface area contributed by atoms with E-state index < -0.39 is 4.87 Å². The highest BCUT2D eigenvalue weighted by atomic mass is 32.2. The Balaban J connectivity index is 1.26. The monoisotopic (exact) mass is 451 g/mol. The summed E-state index contributed by atoms with van der Waals surface area (Å²) in [6, 6.07) is 13.3. The minimum Gasteiger partial charge on any atom is -0.486 e. The number of carbonyl (C=O) groups excluding carboxylic acids is 2. The number of rotatable bonds is 3. The smallest absolute Gasteiger partial charge is 0.263 e. The molecule has 3 aliphatic rings. The van der Waals surface area contributed by atoms with Gasteiger partial charge < -0.3 is 9.47 Å². The Morgan fingerprint density at radius 2 is 1.97 bits per heavy atom. The van der Waals surface area contributed by atoms with Crippen LogP contribution in [0, 0.1) is 0 Å². The van der Waals surface area contributed by atoms with Crippen LogP contribution in [0.4, 0.5) is 10.8 Å². The molecule has 0 unspecified atom stereocenters. The molecule has 3 aliphatic heterocycles. The number of amides is 2. The zero-order valence-corrected chi connectivity index (χ0v) is 17.9. The van der Waals surface area contributed by atoms with E-state index in [1.54, 1.807) is 4.90 Å². The summed E-state index contributed by atoms with van der Waals surface area (Å²) in [6.45, 7) is 1.06. The Labute approximate surface area is 186 Å². The first kappa shape index (κ1) is 18.7. The summed E-state index contributed by atoms with van der Waals surface area (Å²) >= 11 is 2.80. The third-order valence-electron chi connectivity index (χ3n) is 5.59. The Morgan fingerprint density at radius 1 is 1.13 bits per heavy atom. The molecule has 1 fully saturated rings. The van der Waals surface area contributed by atoms with E-state index in [-0.39, 0.29) is 11.8 Å². The third kappa shape index (κ3) is 2.91. The fraction of sp³-hybridized carbons (Fsp3) is 0.227. The van der Waals surface area contributed by atoms with Crippen molar-refractivity contribution in [2.45, 2.75) is 22.6 Å². The number of thiazole rings is 1. The third-order valence-corrected chi connectivity index (χ3v) is 7.82. The van der Waals surface area contributed by atoms with Crippen LogP contribution in [0.25, 0.3) is 11.3 Å². The second-order valence-corrected chi connectivity index (χ2v) is 9.61. The molecule has 2 aromatic carbocycles. The van der Waals surface area contributed by atoms with Gasteiger partial charge >= 0.3 is 0 Å². The molecule has 0 spiro atoms. The minimum absolute atomic E-state index is 0.0243. The largest absolute Gasteiger partial charge is 0.486 e. The fourth-order valence-electron chi connectivity index (χ4n) is 4.16. The lowest BCUT2D eigenvalue weighted by molar-refractivity contribution is -0.121. The molecule has 6 rings (SSSR count). The number of ether oxygens (including phenoxy) is 2. The molecule has 9 heteroatoms. The van der Waals surface area contributed by atoms with Gasteiger partial charge in [0, 0.05) is 22.3 Å². The lowest BCUT2D eigenvalue weighted by Gasteiger charge is -2.29. The highest BCUT2D eigenvalue weighted by Gasteiger charge is 2.57. The number of fused-ring (bicyclic) bond motifs is 4. The number of carbonyl (C=O) groups is 2. The number of para-hydroxylation sites is 1. The van der Waals surface area contributed by atoms with Crippen molar-refractivity contribution in [2.75, 3.05) is 23.4 Å². The number of nitrogens with zero attached hydrogens (tertiary/aromatic N) is 2. The second-order valence-electron chi connectivity index (χ2n) is 7.43. The molecule has 0 bridgehead atoms. The van der Waals surface area contributed by atoms with Crippen molar-refractivity contribution < 1.29 is 19.1 Å². The molecule has 0 aliphatic carbocycles. The summed E-state index contributed by atoms with van der Waals surface area (Å²) in [5.41, 5.74) is 2.44. The van der Waals surface area contributed by atoms with Crippen LogP contribution in [0.3, 0.4) is 0 Å². The summed E-state index contributed by atoms with van der Waals surface area (Å²) in [4.78, 5) is 32.2. The molecule has 0 saturated carbocycles. The lowest BCUT2D eigenvalue weighted by atomic mass is 10.1. The molecule has 1 saturated heterocycles. The predicted octanol–water partition coefficient (Wildman–Crippen LogP) is 4.15. The average Bonchev–Trinajstić information content (AvgIpc) is 3.48. The Hall–Kier alpha value is -3.04. The normalized spacial score (nSPS) is 21.0. The van der Waals surface area contributed by atoms with Gasteiger partial charge in [-0.2, -0.15) is 0 Å². The minimum atomic E-state index is -0.955. The van der Waals surface area contributed by atoms with E-state index in [9.17, 15) is 9.59 Å². The zero-order chi connectivity index (χ0) is 21.0. The summed E-state index contributed by atoms with van der Waals surface area (Å²) in [5.74, 6) is 1.18. The number of benzene rings is 2. The summed E-state index contributed by atoms with van der Waals surface area (Å²) in [6.07, 6.45) is 0.826. The van der Waals surface area contributed by atoms with Gasteiger partial charge in [0.05, 0.1) is 11.4 Å². The van der Waals surface area contributed by atoms with Gasteiger partial charge in [-0.25, -0.2) is 4.98 Å². The summed E-state index contributed by atoms with van der Waals surface area (Å²) in [5, 5.41) is 5.35. The second kappa shape index (κ2) is 7.00. The molecule has 1 N–H and O–H groups in total. The van der Waals surface area contributed by atoms with Gasteiger partial charge in [0.15, 0.2) is 21.5 Å². The number of hydrogen-bond donors (Lipinski definition) is 1. The zero-order valence-electron chi connectivity index (χ0n) is 16.3. The van der Waals surface area contributed by atoms with Crippen molar-refractivity contribution in [1.29, 1.82) is 0 Å². The van der Waals surface area contributed by atoms with Crippen molar-refractivity contribution in [2.24, 2.45) is 0 Å². The Kier molecular flexibility index (Phi) is 4.22. The highest BCUT2D eigenvalue weighted by molar-refractivity contribution is 8.02. The molecule has 156 valence electrons. The van der Waals surface area contributed by atoms with Crippen LogP contribution < -0.4 is 19.7 Å². The summed E-state index contributed by atoms with van der Waals surface area (Å²) < 4.78 is 11.2. The molecule has 1 atom stereocenters. The maximum absolute atomic E-state index is 13.4. The fourth-order valence-corrected chi connectivity index (χ4v) is 6.29. The van der Waals surface area contributed by atoms with Crippen molar-refractivity contribution in [3.8, 4) is 22.8 Å². The average molecular weight is 452 g/mol. The first-order valence-electron chi connectivity index (χ1n) is 9.92. The molecule has 3 aromatic rings. The van der Waals surface area contributed by atoms with E-state index in [1.807, 2.05) is 47.8 Å². The van der Waals surface area contributed by atoms with Gasteiger partial charge in [0.1, 0.15) is 13.2 Å². The van der Waals surface area contributed by atoms with Gasteiger partial charge in [-0.1, -0.05) is 23.9 Å². The van der Waals surface area contributed by atoms with E-state index in [4.69, 9.17) is 9.47 Å². The number of nitrogens with one attached hydrogen (secondary N) is 1. The lowest BCUT2D eigenvalue weighted by Crippen LogP contribution is -2.49. The van der Waals surface area contributed by atoms with E-state index >= 15 is 0 Å². The van der Waals surface area contributed by atoms with E-state index in [1.165, 1.54) is 23.1 Å². The van der Waals surface area contributed by atoms with Gasteiger partial charge in [-0.3, -0.25) is 19.8 Å². The first-order valence-corrected chi connectivity index (χ1v) is 11.6. The van der Waals surface area contributed by atoms with Crippen LogP contribution in [-0.2, 0) is 9.59 Å². The van der Waals surface area contributed by atoms with Crippen LogP contribution in [0.15, 0.2) is 52.7 Å². The van der Waals surface area contributed by atoms with Crippen LogP contribution in [0.2, 0.25) is 0 Å². The molecular formula is C22H17N3O4S2.